The van der Waals surface area contributed by atoms with E-state index in [0.717, 1.165) is 17.3 Å². The molecule has 2 nitrogen and oxygen atoms in total. The summed E-state index contributed by atoms with van der Waals surface area (Å²) in [6.45, 7) is 4.46. The largest absolute Gasteiger partial charge is 0.347 e. The van der Waals surface area contributed by atoms with Gasteiger partial charge in [-0.05, 0) is 12.8 Å². The molecule has 3 heteroatoms. The first-order chi connectivity index (χ1) is 5.72. The highest BCUT2D eigenvalue weighted by Gasteiger charge is 2.43. The first-order valence-corrected chi connectivity index (χ1v) is 5.17. The van der Waals surface area contributed by atoms with E-state index in [-0.39, 0.29) is 11.9 Å². The topological polar surface area (TPSA) is 18.5 Å². The van der Waals surface area contributed by atoms with Crippen LogP contribution in [0.25, 0.3) is 0 Å². The predicted molar refractivity (Wildman–Crippen MR) is 50.1 cm³/mol. The summed E-state index contributed by atoms with van der Waals surface area (Å²) in [5.74, 6) is -0.249. The summed E-state index contributed by atoms with van der Waals surface area (Å²) < 4.78 is 12.4. The Morgan fingerprint density at radius 3 is 2.58 bits per heavy atom. The Hall–Kier alpha value is 0.140. The molecule has 0 aromatic heterocycles. The lowest BCUT2D eigenvalue weighted by Gasteiger charge is -2.21. The van der Waals surface area contributed by atoms with Crippen molar-refractivity contribution in [3.63, 3.8) is 0 Å². The normalized spacial score (nSPS) is 32.9. The molecule has 1 aliphatic heterocycles. The number of rotatable bonds is 1. The summed E-state index contributed by atoms with van der Waals surface area (Å²) in [4.78, 5) is 0. The van der Waals surface area contributed by atoms with Gasteiger partial charge in [0.1, 0.15) is 6.10 Å². The van der Waals surface area contributed by atoms with Crippen LogP contribution in [0, 0.1) is 0 Å². The van der Waals surface area contributed by atoms with E-state index < -0.39 is 0 Å². The molecule has 1 saturated carbocycles. The minimum atomic E-state index is -0.249. The maximum atomic E-state index is 5.80. The molecule has 2 aliphatic rings. The number of halogens is 1. The Labute approximate surface area is 81.1 Å². The third-order valence-electron chi connectivity index (χ3n) is 2.57. The average Bonchev–Trinajstić information content (AvgIpc) is 2.62. The third kappa shape index (κ3) is 1.45. The Kier molecular flexibility index (Phi) is 2.27. The average molecular weight is 233 g/mol. The maximum absolute atomic E-state index is 5.80. The molecule has 1 spiro atoms. The molecule has 1 aliphatic carbocycles. The van der Waals surface area contributed by atoms with Gasteiger partial charge in [-0.3, -0.25) is 0 Å². The van der Waals surface area contributed by atoms with Crippen molar-refractivity contribution in [2.75, 3.05) is 6.61 Å². The molecule has 68 valence electrons. The summed E-state index contributed by atoms with van der Waals surface area (Å²) in [5, 5.41) is 0. The highest BCUT2D eigenvalue weighted by atomic mass is 79.9. The number of ether oxygens (including phenoxy) is 2. The van der Waals surface area contributed by atoms with Crippen molar-refractivity contribution in [1.29, 1.82) is 0 Å². The molecular weight excluding hydrogens is 220 g/mol. The highest BCUT2D eigenvalue weighted by molar-refractivity contribution is 9.11. The Morgan fingerprint density at radius 1 is 1.42 bits per heavy atom. The molecule has 0 amide bonds. The molecule has 2 fully saturated rings. The zero-order valence-corrected chi connectivity index (χ0v) is 8.60. The Bertz CT molecular complexity index is 197. The molecular formula is C9H13BrO2. The minimum Gasteiger partial charge on any atom is -0.347 e. The van der Waals surface area contributed by atoms with E-state index in [1.54, 1.807) is 0 Å². The second-order valence-electron chi connectivity index (χ2n) is 3.48. The van der Waals surface area contributed by atoms with Gasteiger partial charge in [-0.25, -0.2) is 0 Å². The molecule has 0 aromatic carbocycles. The van der Waals surface area contributed by atoms with E-state index in [1.807, 2.05) is 0 Å². The monoisotopic (exact) mass is 232 g/mol. The van der Waals surface area contributed by atoms with E-state index in [1.165, 1.54) is 12.8 Å². The van der Waals surface area contributed by atoms with Gasteiger partial charge in [-0.1, -0.05) is 22.5 Å². The quantitative estimate of drug-likeness (QED) is 0.693. The van der Waals surface area contributed by atoms with Crippen LogP contribution in [0.2, 0.25) is 0 Å². The van der Waals surface area contributed by atoms with Crippen LogP contribution in [0.3, 0.4) is 0 Å². The van der Waals surface area contributed by atoms with Crippen LogP contribution in [0.1, 0.15) is 25.7 Å². The molecule has 1 atom stereocenters. The lowest BCUT2D eigenvalue weighted by molar-refractivity contribution is -0.157. The summed E-state index contributed by atoms with van der Waals surface area (Å²) in [7, 11) is 0. The summed E-state index contributed by atoms with van der Waals surface area (Å²) >= 11 is 3.33. The highest BCUT2D eigenvalue weighted by Crippen LogP contribution is 2.40. The molecule has 2 rings (SSSR count). The van der Waals surface area contributed by atoms with Gasteiger partial charge in [0.15, 0.2) is 5.79 Å². The van der Waals surface area contributed by atoms with Gasteiger partial charge in [0.2, 0.25) is 0 Å². The van der Waals surface area contributed by atoms with Crippen LogP contribution in [0.5, 0.6) is 0 Å². The predicted octanol–water partition coefficient (Wildman–Crippen LogP) is 2.58. The Morgan fingerprint density at radius 2 is 2.08 bits per heavy atom. The van der Waals surface area contributed by atoms with Crippen LogP contribution < -0.4 is 0 Å². The van der Waals surface area contributed by atoms with Crippen molar-refractivity contribution >= 4 is 15.9 Å². The summed E-state index contributed by atoms with van der Waals surface area (Å²) in [6.07, 6.45) is 4.60. The molecule has 0 unspecified atom stereocenters. The van der Waals surface area contributed by atoms with Crippen molar-refractivity contribution < 1.29 is 9.47 Å². The second kappa shape index (κ2) is 3.13. The fourth-order valence-corrected chi connectivity index (χ4v) is 2.11. The summed E-state index contributed by atoms with van der Waals surface area (Å²) in [6, 6.07) is 0. The van der Waals surface area contributed by atoms with E-state index in [9.17, 15) is 0 Å². The lowest BCUT2D eigenvalue weighted by atomic mass is 10.2. The van der Waals surface area contributed by atoms with Crippen LogP contribution >= 0.6 is 15.9 Å². The molecule has 0 aromatic rings. The van der Waals surface area contributed by atoms with Crippen molar-refractivity contribution in [1.82, 2.24) is 0 Å². The second-order valence-corrected chi connectivity index (χ2v) is 4.50. The van der Waals surface area contributed by atoms with E-state index in [4.69, 9.17) is 9.47 Å². The van der Waals surface area contributed by atoms with Crippen molar-refractivity contribution in [2.24, 2.45) is 0 Å². The molecule has 12 heavy (non-hydrogen) atoms. The van der Waals surface area contributed by atoms with Crippen molar-refractivity contribution in [2.45, 2.75) is 37.6 Å². The third-order valence-corrected chi connectivity index (χ3v) is 3.08. The summed E-state index contributed by atoms with van der Waals surface area (Å²) in [5.41, 5.74) is 0. The standard InChI is InChI=1S/C9H13BrO2/c1-7(10)8-6-11-9(12-8)4-2-3-5-9/h8H,1-6H2/t8-/m0/s1. The van der Waals surface area contributed by atoms with Crippen molar-refractivity contribution in [3.05, 3.63) is 11.1 Å². The molecule has 0 N–H and O–H groups in total. The van der Waals surface area contributed by atoms with Gasteiger partial charge in [0, 0.05) is 17.3 Å². The molecule has 1 heterocycles. The van der Waals surface area contributed by atoms with E-state index in [0.29, 0.717) is 6.61 Å². The van der Waals surface area contributed by atoms with Gasteiger partial charge >= 0.3 is 0 Å². The minimum absolute atomic E-state index is 0.0584. The number of hydrogen-bond donors (Lipinski definition) is 0. The molecule has 0 bridgehead atoms. The van der Waals surface area contributed by atoms with E-state index >= 15 is 0 Å². The zero-order chi connectivity index (χ0) is 8.60. The molecule has 0 radical (unpaired) electrons. The molecule has 1 saturated heterocycles. The van der Waals surface area contributed by atoms with Crippen LogP contribution in [-0.2, 0) is 9.47 Å². The van der Waals surface area contributed by atoms with Crippen molar-refractivity contribution in [3.8, 4) is 0 Å². The smallest absolute Gasteiger partial charge is 0.169 e. The fraction of sp³-hybridized carbons (Fsp3) is 0.778. The van der Waals surface area contributed by atoms with Gasteiger partial charge < -0.3 is 9.47 Å². The van der Waals surface area contributed by atoms with Crippen LogP contribution in [-0.4, -0.2) is 18.5 Å². The van der Waals surface area contributed by atoms with Crippen LogP contribution in [0.15, 0.2) is 11.1 Å². The number of hydrogen-bond acceptors (Lipinski definition) is 2. The lowest BCUT2D eigenvalue weighted by Crippen LogP contribution is -2.26. The fourth-order valence-electron chi connectivity index (χ4n) is 1.89. The maximum Gasteiger partial charge on any atom is 0.169 e. The first-order valence-electron chi connectivity index (χ1n) is 4.38. The SMILES string of the molecule is C=C(Br)[C@@H]1COC2(CCCC2)O1. The van der Waals surface area contributed by atoms with Gasteiger partial charge in [-0.15, -0.1) is 0 Å². The zero-order valence-electron chi connectivity index (χ0n) is 7.01. The Balaban J connectivity index is 2.01. The van der Waals surface area contributed by atoms with Gasteiger partial charge in [0.05, 0.1) is 6.61 Å². The first kappa shape index (κ1) is 8.73. The van der Waals surface area contributed by atoms with E-state index in [2.05, 4.69) is 22.5 Å². The van der Waals surface area contributed by atoms with Gasteiger partial charge in [-0.2, -0.15) is 0 Å². The van der Waals surface area contributed by atoms with Gasteiger partial charge in [0.25, 0.3) is 0 Å². The van der Waals surface area contributed by atoms with Crippen LogP contribution in [0.4, 0.5) is 0 Å².